The van der Waals surface area contributed by atoms with Gasteiger partial charge >= 0.3 is 0 Å². The molecule has 7 heteroatoms. The van der Waals surface area contributed by atoms with E-state index >= 15 is 0 Å². The summed E-state index contributed by atoms with van der Waals surface area (Å²) in [5, 5.41) is 0.669. The number of amides is 1. The minimum absolute atomic E-state index is 0.00236. The van der Waals surface area contributed by atoms with Crippen LogP contribution in [0.3, 0.4) is 0 Å². The van der Waals surface area contributed by atoms with Crippen LogP contribution in [0.4, 0.5) is 0 Å². The summed E-state index contributed by atoms with van der Waals surface area (Å²) < 4.78 is 16.7. The van der Waals surface area contributed by atoms with Crippen LogP contribution >= 0.6 is 11.6 Å². The van der Waals surface area contributed by atoms with E-state index < -0.39 is 0 Å². The fourth-order valence-corrected chi connectivity index (χ4v) is 4.14. The minimum Gasteiger partial charge on any atom is -0.497 e. The summed E-state index contributed by atoms with van der Waals surface area (Å²) in [7, 11) is 3.26. The molecule has 0 radical (unpaired) electrons. The lowest BCUT2D eigenvalue weighted by molar-refractivity contribution is -0.132. The molecule has 1 aliphatic rings. The third-order valence-electron chi connectivity index (χ3n) is 5.61. The largest absolute Gasteiger partial charge is 0.497 e. The number of hydrogen-bond acceptors (Lipinski definition) is 5. The van der Waals surface area contributed by atoms with E-state index in [4.69, 9.17) is 25.5 Å². The van der Waals surface area contributed by atoms with Crippen molar-refractivity contribution < 1.29 is 18.7 Å². The van der Waals surface area contributed by atoms with Crippen molar-refractivity contribution in [3.8, 4) is 22.8 Å². The van der Waals surface area contributed by atoms with Gasteiger partial charge in [-0.15, -0.1) is 0 Å². The minimum atomic E-state index is 0.00236. The molecule has 2 aromatic carbocycles. The summed E-state index contributed by atoms with van der Waals surface area (Å²) in [5.41, 5.74) is 1.91. The molecule has 0 saturated carbocycles. The molecule has 0 aliphatic carbocycles. The molecular weight excluding hydrogens is 416 g/mol. The van der Waals surface area contributed by atoms with Crippen molar-refractivity contribution in [2.24, 2.45) is 0 Å². The molecule has 4 rings (SSSR count). The summed E-state index contributed by atoms with van der Waals surface area (Å²) >= 11 is 5.94. The van der Waals surface area contributed by atoms with Gasteiger partial charge in [0.05, 0.1) is 26.5 Å². The Kier molecular flexibility index (Phi) is 6.47. The smallest absolute Gasteiger partial charge is 0.223 e. The van der Waals surface area contributed by atoms with Crippen molar-refractivity contribution in [3.63, 3.8) is 0 Å². The van der Waals surface area contributed by atoms with Crippen LogP contribution in [0, 0.1) is 0 Å². The first-order valence-electron chi connectivity index (χ1n) is 10.3. The van der Waals surface area contributed by atoms with Gasteiger partial charge in [0.2, 0.25) is 5.91 Å². The number of methoxy groups -OCH3 is 2. The molecule has 1 aromatic heterocycles. The van der Waals surface area contributed by atoms with Gasteiger partial charge in [0.1, 0.15) is 11.5 Å². The first-order valence-corrected chi connectivity index (χ1v) is 10.7. The van der Waals surface area contributed by atoms with Crippen LogP contribution in [0.5, 0.6) is 11.5 Å². The molecule has 6 nitrogen and oxygen atoms in total. The van der Waals surface area contributed by atoms with E-state index in [9.17, 15) is 4.79 Å². The summed E-state index contributed by atoms with van der Waals surface area (Å²) in [6.07, 6.45) is 4.36. The predicted octanol–water partition coefficient (Wildman–Crippen LogP) is 5.31. The van der Waals surface area contributed by atoms with Crippen molar-refractivity contribution in [2.45, 2.75) is 31.7 Å². The number of oxazole rings is 1. The van der Waals surface area contributed by atoms with Gasteiger partial charge in [0, 0.05) is 41.6 Å². The zero-order chi connectivity index (χ0) is 21.8. The highest BCUT2D eigenvalue weighted by Crippen LogP contribution is 2.39. The highest BCUT2D eigenvalue weighted by molar-refractivity contribution is 6.30. The van der Waals surface area contributed by atoms with Crippen LogP contribution in [0.25, 0.3) is 11.3 Å². The highest BCUT2D eigenvalue weighted by atomic mass is 35.5. The van der Waals surface area contributed by atoms with Gasteiger partial charge in [0.15, 0.2) is 11.7 Å². The van der Waals surface area contributed by atoms with Gasteiger partial charge in [-0.25, -0.2) is 4.98 Å². The Labute approximate surface area is 186 Å². The number of likely N-dealkylation sites (tertiary alicyclic amines) is 1. The molecule has 31 heavy (non-hydrogen) atoms. The normalized spacial score (nSPS) is 15.8. The van der Waals surface area contributed by atoms with Gasteiger partial charge in [-0.1, -0.05) is 11.6 Å². The van der Waals surface area contributed by atoms with Crippen molar-refractivity contribution in [3.05, 3.63) is 65.1 Å². The highest BCUT2D eigenvalue weighted by Gasteiger charge is 2.31. The fraction of sp³-hybridized carbons (Fsp3) is 0.333. The Morgan fingerprint density at radius 1 is 1.19 bits per heavy atom. The third kappa shape index (κ3) is 4.69. The summed E-state index contributed by atoms with van der Waals surface area (Å²) in [6, 6.07) is 13.1. The molecule has 1 atom stereocenters. The zero-order valence-corrected chi connectivity index (χ0v) is 18.4. The van der Waals surface area contributed by atoms with Gasteiger partial charge in [0.25, 0.3) is 0 Å². The molecule has 0 unspecified atom stereocenters. The Bertz CT molecular complexity index is 1050. The van der Waals surface area contributed by atoms with E-state index in [0.29, 0.717) is 29.5 Å². The molecular formula is C24H25ClN2O4. The van der Waals surface area contributed by atoms with Gasteiger partial charge < -0.3 is 18.8 Å². The number of nitrogens with zero attached hydrogens (tertiary/aromatic N) is 2. The summed E-state index contributed by atoms with van der Waals surface area (Å²) in [5.74, 6) is 2.78. The number of aromatic nitrogens is 1. The molecule has 1 aliphatic heterocycles. The Morgan fingerprint density at radius 2 is 2.00 bits per heavy atom. The van der Waals surface area contributed by atoms with E-state index in [1.165, 1.54) is 0 Å². The molecule has 1 amide bonds. The predicted molar refractivity (Wildman–Crippen MR) is 119 cm³/mol. The van der Waals surface area contributed by atoms with Gasteiger partial charge in [-0.3, -0.25) is 4.79 Å². The molecule has 0 N–H and O–H groups in total. The van der Waals surface area contributed by atoms with E-state index in [-0.39, 0.29) is 11.9 Å². The number of hydrogen-bond donors (Lipinski definition) is 0. The Morgan fingerprint density at radius 3 is 2.74 bits per heavy atom. The molecule has 2 heterocycles. The maximum atomic E-state index is 13.0. The van der Waals surface area contributed by atoms with Crippen molar-refractivity contribution >= 4 is 17.5 Å². The van der Waals surface area contributed by atoms with E-state index in [0.717, 1.165) is 42.0 Å². The summed E-state index contributed by atoms with van der Waals surface area (Å²) in [4.78, 5) is 19.3. The fourth-order valence-electron chi connectivity index (χ4n) is 4.01. The molecule has 0 bridgehead atoms. The molecule has 3 aromatic rings. The van der Waals surface area contributed by atoms with Crippen LogP contribution in [0.15, 0.2) is 53.1 Å². The lowest BCUT2D eigenvalue weighted by atomic mass is 10.0. The lowest BCUT2D eigenvalue weighted by Gasteiger charge is -2.26. The standard InChI is InChI=1S/C24H25ClN2O4/c1-29-18-9-10-19(21(14-18)30-2)20-4-3-13-27(20)24(28)12-11-23-26-15-22(31-23)16-5-7-17(25)8-6-16/h5-10,14-15,20H,3-4,11-13H2,1-2H3/t20-/m0/s1. The number of ether oxygens (including phenoxy) is 2. The Hall–Kier alpha value is -2.99. The molecule has 1 saturated heterocycles. The topological polar surface area (TPSA) is 64.8 Å². The van der Waals surface area contributed by atoms with E-state index in [2.05, 4.69) is 4.98 Å². The van der Waals surface area contributed by atoms with Crippen LogP contribution in [-0.2, 0) is 11.2 Å². The number of aryl methyl sites for hydroxylation is 1. The quantitative estimate of drug-likeness (QED) is 0.498. The zero-order valence-electron chi connectivity index (χ0n) is 17.6. The average molecular weight is 441 g/mol. The number of rotatable bonds is 7. The van der Waals surface area contributed by atoms with Crippen molar-refractivity contribution in [1.82, 2.24) is 9.88 Å². The SMILES string of the molecule is COc1ccc([C@@H]2CCCN2C(=O)CCc2ncc(-c3ccc(Cl)cc3)o2)c(OC)c1. The molecule has 1 fully saturated rings. The van der Waals surface area contributed by atoms with Crippen LogP contribution in [0.1, 0.15) is 36.8 Å². The number of carbonyl (C=O) groups is 1. The van der Waals surface area contributed by atoms with Gasteiger partial charge in [-0.05, 0) is 49.2 Å². The second-order valence-electron chi connectivity index (χ2n) is 7.48. The number of carbonyl (C=O) groups excluding carboxylic acids is 1. The maximum Gasteiger partial charge on any atom is 0.223 e. The average Bonchev–Trinajstić information content (AvgIpc) is 3.47. The van der Waals surface area contributed by atoms with Crippen LogP contribution < -0.4 is 9.47 Å². The first kappa shape index (κ1) is 21.2. The maximum absolute atomic E-state index is 13.0. The lowest BCUT2D eigenvalue weighted by Crippen LogP contribution is -2.31. The first-order chi connectivity index (χ1) is 15.1. The monoisotopic (exact) mass is 440 g/mol. The summed E-state index contributed by atoms with van der Waals surface area (Å²) in [6.45, 7) is 0.736. The van der Waals surface area contributed by atoms with Crippen molar-refractivity contribution in [2.75, 3.05) is 20.8 Å². The number of halogens is 1. The Balaban J connectivity index is 1.42. The second-order valence-corrected chi connectivity index (χ2v) is 7.91. The van der Waals surface area contributed by atoms with Crippen LogP contribution in [-0.4, -0.2) is 36.6 Å². The van der Waals surface area contributed by atoms with E-state index in [1.807, 2.05) is 47.4 Å². The molecule has 162 valence electrons. The molecule has 0 spiro atoms. The van der Waals surface area contributed by atoms with Crippen molar-refractivity contribution in [1.29, 1.82) is 0 Å². The van der Waals surface area contributed by atoms with E-state index in [1.54, 1.807) is 20.4 Å². The van der Waals surface area contributed by atoms with Gasteiger partial charge in [-0.2, -0.15) is 0 Å². The number of benzene rings is 2. The third-order valence-corrected chi connectivity index (χ3v) is 5.86. The second kappa shape index (κ2) is 9.43. The van der Waals surface area contributed by atoms with Crippen LogP contribution in [0.2, 0.25) is 5.02 Å².